The fourth-order valence-electron chi connectivity index (χ4n) is 3.25. The number of imidazole rings is 1. The lowest BCUT2D eigenvalue weighted by Crippen LogP contribution is -2.54. The van der Waals surface area contributed by atoms with E-state index in [4.69, 9.17) is 12.2 Å². The number of thiocarbonyl (C=S) groups is 1. The number of carbonyl (C=O) groups is 2. The summed E-state index contributed by atoms with van der Waals surface area (Å²) in [5.74, 6) is -1.05. The van der Waals surface area contributed by atoms with Crippen LogP contribution >= 0.6 is 12.2 Å². The van der Waals surface area contributed by atoms with Crippen LogP contribution in [0.25, 0.3) is 17.1 Å². The summed E-state index contributed by atoms with van der Waals surface area (Å²) in [5, 5.41) is 2.60. The highest BCUT2D eigenvalue weighted by Crippen LogP contribution is 2.23. The molecule has 0 aliphatic carbocycles. The van der Waals surface area contributed by atoms with E-state index < -0.39 is 11.8 Å². The Balaban J connectivity index is 1.80. The fraction of sp³-hybridized carbons (Fsp3) is 0.100. The SMILES string of the molecule is Cn1c(=O)n(C)c2cc(/C=C3\C(=O)NC(=S)N(c4ccccc4)C3=O)ccc21. The number of benzene rings is 2. The lowest BCUT2D eigenvalue weighted by atomic mass is 10.1. The van der Waals surface area contributed by atoms with E-state index in [1.165, 1.54) is 15.5 Å². The van der Waals surface area contributed by atoms with Gasteiger partial charge in [-0.2, -0.15) is 0 Å². The average Bonchev–Trinajstić information content (AvgIpc) is 2.90. The molecule has 140 valence electrons. The molecule has 0 bridgehead atoms. The second-order valence-corrected chi connectivity index (χ2v) is 6.83. The summed E-state index contributed by atoms with van der Waals surface area (Å²) < 4.78 is 3.06. The number of nitrogens with one attached hydrogen (secondary N) is 1. The molecule has 1 aliphatic heterocycles. The first kappa shape index (κ1) is 17.9. The standard InChI is InChI=1S/C20H16N4O3S/c1-22-15-9-8-12(11-16(15)23(2)20(22)27)10-14-17(25)21-19(28)24(18(14)26)13-6-4-3-5-7-13/h3-11H,1-2H3,(H,21,25,28)/b14-10+. The Labute approximate surface area is 165 Å². The summed E-state index contributed by atoms with van der Waals surface area (Å²) in [6.45, 7) is 0. The van der Waals surface area contributed by atoms with Crippen molar-refractivity contribution in [3.63, 3.8) is 0 Å². The number of anilines is 1. The van der Waals surface area contributed by atoms with Gasteiger partial charge in [0, 0.05) is 14.1 Å². The Kier molecular flexibility index (Phi) is 4.20. The molecule has 0 atom stereocenters. The first-order chi connectivity index (χ1) is 13.4. The van der Waals surface area contributed by atoms with Crippen molar-refractivity contribution in [2.45, 2.75) is 0 Å². The lowest BCUT2D eigenvalue weighted by Gasteiger charge is -2.28. The molecule has 0 spiro atoms. The molecule has 2 aromatic carbocycles. The van der Waals surface area contributed by atoms with Crippen molar-refractivity contribution in [1.29, 1.82) is 0 Å². The van der Waals surface area contributed by atoms with Gasteiger partial charge in [0.25, 0.3) is 11.8 Å². The zero-order valence-electron chi connectivity index (χ0n) is 15.2. The van der Waals surface area contributed by atoms with Gasteiger partial charge >= 0.3 is 5.69 Å². The van der Waals surface area contributed by atoms with Gasteiger partial charge in [-0.25, -0.2) is 4.79 Å². The molecule has 8 heteroatoms. The second kappa shape index (κ2) is 6.58. The normalized spacial score (nSPS) is 16.1. The predicted molar refractivity (Wildman–Crippen MR) is 111 cm³/mol. The van der Waals surface area contributed by atoms with Crippen LogP contribution < -0.4 is 15.9 Å². The van der Waals surface area contributed by atoms with Gasteiger partial charge in [-0.05, 0) is 48.1 Å². The maximum absolute atomic E-state index is 13.0. The van der Waals surface area contributed by atoms with Crippen LogP contribution in [0.15, 0.2) is 58.9 Å². The molecular weight excluding hydrogens is 376 g/mol. The van der Waals surface area contributed by atoms with Crippen LogP contribution in [0.5, 0.6) is 0 Å². The van der Waals surface area contributed by atoms with Crippen molar-refractivity contribution >= 4 is 51.9 Å². The van der Waals surface area contributed by atoms with Crippen LogP contribution in [0, 0.1) is 0 Å². The molecule has 3 aromatic rings. The van der Waals surface area contributed by atoms with E-state index in [-0.39, 0.29) is 16.4 Å². The number of nitrogens with zero attached hydrogens (tertiary/aromatic N) is 3. The highest BCUT2D eigenvalue weighted by Gasteiger charge is 2.34. The maximum atomic E-state index is 13.0. The van der Waals surface area contributed by atoms with Gasteiger partial charge in [-0.1, -0.05) is 24.3 Å². The van der Waals surface area contributed by atoms with Gasteiger partial charge in [-0.3, -0.25) is 28.9 Å². The number of para-hydroxylation sites is 1. The number of aromatic nitrogens is 2. The van der Waals surface area contributed by atoms with Crippen molar-refractivity contribution in [3.05, 3.63) is 70.2 Å². The minimum absolute atomic E-state index is 0.0299. The molecule has 1 aliphatic rings. The van der Waals surface area contributed by atoms with Gasteiger partial charge in [0.2, 0.25) is 0 Å². The topological polar surface area (TPSA) is 76.3 Å². The van der Waals surface area contributed by atoms with E-state index >= 15 is 0 Å². The highest BCUT2D eigenvalue weighted by atomic mass is 32.1. The molecule has 1 saturated heterocycles. The third kappa shape index (κ3) is 2.74. The summed E-state index contributed by atoms with van der Waals surface area (Å²) >= 11 is 5.18. The number of fused-ring (bicyclic) bond motifs is 1. The van der Waals surface area contributed by atoms with Gasteiger partial charge in [0.15, 0.2) is 5.11 Å². The second-order valence-electron chi connectivity index (χ2n) is 6.44. The van der Waals surface area contributed by atoms with Gasteiger partial charge in [0.1, 0.15) is 5.57 Å². The fourth-order valence-corrected chi connectivity index (χ4v) is 3.53. The predicted octanol–water partition coefficient (Wildman–Crippen LogP) is 1.71. The van der Waals surface area contributed by atoms with Gasteiger partial charge in [-0.15, -0.1) is 0 Å². The first-order valence-corrected chi connectivity index (χ1v) is 8.91. The number of carbonyl (C=O) groups excluding carboxylic acids is 2. The summed E-state index contributed by atoms with van der Waals surface area (Å²) in [6.07, 6.45) is 1.51. The summed E-state index contributed by atoms with van der Waals surface area (Å²) in [7, 11) is 3.37. The number of hydrogen-bond donors (Lipinski definition) is 1. The Morgan fingerprint density at radius 2 is 1.61 bits per heavy atom. The molecule has 2 amide bonds. The summed E-state index contributed by atoms with van der Waals surface area (Å²) in [6, 6.07) is 14.2. The van der Waals surface area contributed by atoms with E-state index in [9.17, 15) is 14.4 Å². The quantitative estimate of drug-likeness (QED) is 0.409. The van der Waals surface area contributed by atoms with Crippen LogP contribution in [0.3, 0.4) is 0 Å². The molecular formula is C20H16N4O3S. The Morgan fingerprint density at radius 3 is 2.32 bits per heavy atom. The minimum Gasteiger partial charge on any atom is -0.298 e. The average molecular weight is 392 g/mol. The van der Waals surface area contributed by atoms with E-state index in [2.05, 4.69) is 5.32 Å². The van der Waals surface area contributed by atoms with Crippen LogP contribution in [-0.4, -0.2) is 26.1 Å². The molecule has 0 radical (unpaired) electrons. The Hall–Kier alpha value is -3.52. The summed E-state index contributed by atoms with van der Waals surface area (Å²) in [4.78, 5) is 38.8. The first-order valence-electron chi connectivity index (χ1n) is 8.50. The van der Waals surface area contributed by atoms with Crippen molar-refractivity contribution in [2.24, 2.45) is 14.1 Å². The number of rotatable bonds is 2. The zero-order valence-corrected chi connectivity index (χ0v) is 16.0. The molecule has 7 nitrogen and oxygen atoms in total. The van der Waals surface area contributed by atoms with Crippen molar-refractivity contribution in [2.75, 3.05) is 4.90 Å². The Bertz CT molecular complexity index is 1240. The molecule has 2 heterocycles. The molecule has 1 fully saturated rings. The number of aryl methyl sites for hydroxylation is 2. The molecule has 4 rings (SSSR count). The molecule has 0 unspecified atom stereocenters. The van der Waals surface area contributed by atoms with Crippen LogP contribution in [0.1, 0.15) is 5.56 Å². The van der Waals surface area contributed by atoms with E-state index in [0.717, 1.165) is 5.52 Å². The van der Waals surface area contributed by atoms with Crippen LogP contribution in [0.4, 0.5) is 5.69 Å². The largest absolute Gasteiger partial charge is 0.328 e. The molecule has 0 saturated carbocycles. The smallest absolute Gasteiger partial charge is 0.298 e. The van der Waals surface area contributed by atoms with Gasteiger partial charge < -0.3 is 0 Å². The highest BCUT2D eigenvalue weighted by molar-refractivity contribution is 7.80. The van der Waals surface area contributed by atoms with Crippen LogP contribution in [-0.2, 0) is 23.7 Å². The van der Waals surface area contributed by atoms with Crippen LogP contribution in [0.2, 0.25) is 0 Å². The van der Waals surface area contributed by atoms with E-state index in [1.54, 1.807) is 61.1 Å². The monoisotopic (exact) mass is 392 g/mol. The zero-order chi connectivity index (χ0) is 20.0. The number of amides is 2. The van der Waals surface area contributed by atoms with Crippen molar-refractivity contribution in [3.8, 4) is 0 Å². The third-order valence-corrected chi connectivity index (χ3v) is 5.01. The minimum atomic E-state index is -0.552. The lowest BCUT2D eigenvalue weighted by molar-refractivity contribution is -0.122. The van der Waals surface area contributed by atoms with Gasteiger partial charge in [0.05, 0.1) is 16.7 Å². The van der Waals surface area contributed by atoms with E-state index in [1.807, 2.05) is 6.07 Å². The molecule has 1 N–H and O–H groups in total. The number of hydrogen-bond acceptors (Lipinski definition) is 4. The Morgan fingerprint density at radius 1 is 0.929 bits per heavy atom. The third-order valence-electron chi connectivity index (χ3n) is 4.72. The molecule has 1 aromatic heterocycles. The van der Waals surface area contributed by atoms with E-state index in [0.29, 0.717) is 16.8 Å². The van der Waals surface area contributed by atoms with Crippen molar-refractivity contribution < 1.29 is 9.59 Å². The molecule has 28 heavy (non-hydrogen) atoms. The van der Waals surface area contributed by atoms with Crippen molar-refractivity contribution in [1.82, 2.24) is 14.5 Å². The maximum Gasteiger partial charge on any atom is 0.328 e. The summed E-state index contributed by atoms with van der Waals surface area (Å²) in [5.41, 5.74) is 2.50.